The van der Waals surface area contributed by atoms with Gasteiger partial charge in [-0.05, 0) is 47.9 Å². The number of carbonyl (C=O) groups is 2. The van der Waals surface area contributed by atoms with Crippen molar-refractivity contribution in [2.24, 2.45) is 0 Å². The minimum Gasteiger partial charge on any atom is -0.497 e. The first kappa shape index (κ1) is 27.8. The molecule has 0 aliphatic carbocycles. The van der Waals surface area contributed by atoms with Crippen LogP contribution in [0.25, 0.3) is 16.8 Å². The Balaban J connectivity index is 1.58. The lowest BCUT2D eigenvalue weighted by Gasteiger charge is -2.37. The Morgan fingerprint density at radius 3 is 2.20 bits per heavy atom. The van der Waals surface area contributed by atoms with E-state index in [1.165, 1.54) is 0 Å². The summed E-state index contributed by atoms with van der Waals surface area (Å²) in [4.78, 5) is 24.7. The minimum absolute atomic E-state index is 0.121. The number of hydrogen-bond acceptors (Lipinski definition) is 7. The van der Waals surface area contributed by atoms with Crippen molar-refractivity contribution in [2.75, 3.05) is 27.4 Å². The first-order valence-electron chi connectivity index (χ1n) is 13.5. The van der Waals surface area contributed by atoms with Gasteiger partial charge in [0, 0.05) is 34.9 Å². The Bertz CT molecular complexity index is 1570. The summed E-state index contributed by atoms with van der Waals surface area (Å²) >= 11 is 0. The Morgan fingerprint density at radius 2 is 1.49 bits per heavy atom. The maximum Gasteiger partial charge on any atom is 0.338 e. The molecule has 1 atom stereocenters. The van der Waals surface area contributed by atoms with Gasteiger partial charge in [-0.3, -0.25) is 4.79 Å². The fourth-order valence-electron chi connectivity index (χ4n) is 4.92. The zero-order chi connectivity index (χ0) is 28.8. The molecule has 41 heavy (non-hydrogen) atoms. The summed E-state index contributed by atoms with van der Waals surface area (Å²) in [5.74, 6) is 1.20. The number of carbonyl (C=O) groups excluding carboxylic acids is 2. The fraction of sp³-hybridized carbons (Fsp3) is 0.235. The highest BCUT2D eigenvalue weighted by Gasteiger charge is 2.39. The molecule has 0 amide bonds. The lowest BCUT2D eigenvalue weighted by molar-refractivity contribution is -0.143. The zero-order valence-corrected chi connectivity index (χ0v) is 23.3. The molecular formula is C34H32O7. The molecule has 0 bridgehead atoms. The predicted molar refractivity (Wildman–Crippen MR) is 157 cm³/mol. The van der Waals surface area contributed by atoms with Crippen LogP contribution < -0.4 is 14.2 Å². The van der Waals surface area contributed by atoms with E-state index in [1.807, 2.05) is 91.0 Å². The third kappa shape index (κ3) is 5.61. The van der Waals surface area contributed by atoms with E-state index in [0.717, 1.165) is 27.6 Å². The van der Waals surface area contributed by atoms with E-state index in [4.69, 9.17) is 23.7 Å². The van der Waals surface area contributed by atoms with E-state index in [-0.39, 0.29) is 19.2 Å². The van der Waals surface area contributed by atoms with E-state index in [2.05, 4.69) is 0 Å². The van der Waals surface area contributed by atoms with E-state index < -0.39 is 11.6 Å². The van der Waals surface area contributed by atoms with E-state index in [0.29, 0.717) is 35.5 Å². The van der Waals surface area contributed by atoms with E-state index in [9.17, 15) is 9.59 Å². The largest absolute Gasteiger partial charge is 0.497 e. The summed E-state index contributed by atoms with van der Waals surface area (Å²) in [5.41, 5.74) is 1.86. The van der Waals surface area contributed by atoms with Crippen molar-refractivity contribution in [3.8, 4) is 17.2 Å². The number of fused-ring (bicyclic) bond motifs is 3. The standard InChI is InChI=1S/C34H32O7/c1-4-31(35)39-19-8-20-40-33(36)30-21-23-11-14-27(38-3)22-29(23)32-28(30)17-18-34(41-32,24-9-6-5-7-10-24)25-12-15-26(37-2)16-13-25/h5-7,9-18,21-22H,4,8,19-20H2,1-3H3. The molecule has 5 rings (SSSR count). The SMILES string of the molecule is CCC(=O)OCCCOC(=O)c1cc2ccc(OC)cc2c2c1C=CC(c1ccccc1)(c1ccc(OC)cc1)O2. The predicted octanol–water partition coefficient (Wildman–Crippen LogP) is 6.71. The number of esters is 2. The van der Waals surface area contributed by atoms with E-state index >= 15 is 0 Å². The van der Waals surface area contributed by atoms with Crippen LogP contribution >= 0.6 is 0 Å². The Hall–Kier alpha value is -4.78. The van der Waals surface area contributed by atoms with Crippen LogP contribution in [0.15, 0.2) is 84.9 Å². The lowest BCUT2D eigenvalue weighted by atomic mass is 9.82. The fourth-order valence-corrected chi connectivity index (χ4v) is 4.92. The van der Waals surface area contributed by atoms with Crippen molar-refractivity contribution in [1.29, 1.82) is 0 Å². The van der Waals surface area contributed by atoms with Crippen LogP contribution in [0.1, 0.15) is 46.8 Å². The second-order valence-electron chi connectivity index (χ2n) is 9.58. The summed E-state index contributed by atoms with van der Waals surface area (Å²) in [6.07, 6.45) is 4.61. The molecule has 7 nitrogen and oxygen atoms in total. The molecule has 0 spiro atoms. The van der Waals surface area contributed by atoms with Gasteiger partial charge >= 0.3 is 11.9 Å². The van der Waals surface area contributed by atoms with Gasteiger partial charge in [0.15, 0.2) is 5.60 Å². The zero-order valence-electron chi connectivity index (χ0n) is 23.3. The minimum atomic E-state index is -0.970. The molecule has 4 aromatic carbocycles. The van der Waals surface area contributed by atoms with Crippen LogP contribution in [0.3, 0.4) is 0 Å². The van der Waals surface area contributed by atoms with Crippen molar-refractivity contribution in [3.63, 3.8) is 0 Å². The van der Waals surface area contributed by atoms with Gasteiger partial charge in [-0.15, -0.1) is 0 Å². The maximum atomic E-state index is 13.4. The molecule has 0 saturated carbocycles. The summed E-state index contributed by atoms with van der Waals surface area (Å²) < 4.78 is 28.6. The number of rotatable bonds is 10. The number of benzene rings is 4. The van der Waals surface area contributed by atoms with Crippen molar-refractivity contribution in [2.45, 2.75) is 25.4 Å². The molecule has 1 heterocycles. The molecule has 1 aliphatic heterocycles. The van der Waals surface area contributed by atoms with Crippen LogP contribution in [0, 0.1) is 0 Å². The number of ether oxygens (including phenoxy) is 5. The van der Waals surface area contributed by atoms with Gasteiger partial charge in [0.2, 0.25) is 0 Å². The van der Waals surface area contributed by atoms with Gasteiger partial charge in [0.05, 0.1) is 33.0 Å². The van der Waals surface area contributed by atoms with Gasteiger partial charge in [-0.1, -0.05) is 55.5 Å². The monoisotopic (exact) mass is 552 g/mol. The molecule has 4 aromatic rings. The topological polar surface area (TPSA) is 80.3 Å². The van der Waals surface area contributed by atoms with Crippen LogP contribution in [0.2, 0.25) is 0 Å². The van der Waals surface area contributed by atoms with Gasteiger partial charge in [0.1, 0.15) is 17.2 Å². The average Bonchev–Trinajstić information content (AvgIpc) is 3.03. The average molecular weight is 553 g/mol. The molecule has 0 saturated heterocycles. The highest BCUT2D eigenvalue weighted by Crippen LogP contribution is 2.47. The molecule has 0 fully saturated rings. The molecule has 1 unspecified atom stereocenters. The Kier molecular flexibility index (Phi) is 8.24. The Labute approximate surface area is 239 Å². The molecule has 0 radical (unpaired) electrons. The van der Waals surface area contributed by atoms with Crippen molar-refractivity contribution in [3.05, 3.63) is 107 Å². The third-order valence-corrected chi connectivity index (χ3v) is 7.10. The van der Waals surface area contributed by atoms with Crippen LogP contribution in [0.4, 0.5) is 0 Å². The Morgan fingerprint density at radius 1 is 0.805 bits per heavy atom. The number of hydrogen-bond donors (Lipinski definition) is 0. The quantitative estimate of drug-likeness (QED) is 0.160. The van der Waals surface area contributed by atoms with Gasteiger partial charge in [-0.2, -0.15) is 0 Å². The second kappa shape index (κ2) is 12.2. The molecular weight excluding hydrogens is 520 g/mol. The van der Waals surface area contributed by atoms with Crippen LogP contribution in [-0.2, 0) is 19.9 Å². The highest BCUT2D eigenvalue weighted by atomic mass is 16.5. The highest BCUT2D eigenvalue weighted by molar-refractivity contribution is 6.04. The summed E-state index contributed by atoms with van der Waals surface area (Å²) in [5, 5.41) is 1.61. The first-order chi connectivity index (χ1) is 20.0. The molecule has 0 aromatic heterocycles. The maximum absolute atomic E-state index is 13.4. The summed E-state index contributed by atoms with van der Waals surface area (Å²) in [6, 6.07) is 25.2. The van der Waals surface area contributed by atoms with E-state index in [1.54, 1.807) is 21.1 Å². The molecule has 1 aliphatic rings. The van der Waals surface area contributed by atoms with Crippen molar-refractivity contribution < 1.29 is 33.3 Å². The van der Waals surface area contributed by atoms with Crippen molar-refractivity contribution >= 4 is 28.8 Å². The van der Waals surface area contributed by atoms with Gasteiger partial charge in [0.25, 0.3) is 0 Å². The van der Waals surface area contributed by atoms with Crippen molar-refractivity contribution in [1.82, 2.24) is 0 Å². The molecule has 210 valence electrons. The first-order valence-corrected chi connectivity index (χ1v) is 13.5. The molecule has 0 N–H and O–H groups in total. The lowest BCUT2D eigenvalue weighted by Crippen LogP contribution is -2.34. The van der Waals surface area contributed by atoms with Crippen LogP contribution in [0.5, 0.6) is 17.2 Å². The smallest absolute Gasteiger partial charge is 0.338 e. The van der Waals surface area contributed by atoms with Crippen LogP contribution in [-0.4, -0.2) is 39.4 Å². The van der Waals surface area contributed by atoms with Gasteiger partial charge in [-0.25, -0.2) is 4.79 Å². The summed E-state index contributed by atoms with van der Waals surface area (Å²) in [6.45, 7) is 2.05. The third-order valence-electron chi connectivity index (χ3n) is 7.10. The van der Waals surface area contributed by atoms with Gasteiger partial charge < -0.3 is 23.7 Å². The second-order valence-corrected chi connectivity index (χ2v) is 9.58. The normalized spacial score (nSPS) is 15.5. The number of methoxy groups -OCH3 is 2. The molecule has 7 heteroatoms. The summed E-state index contributed by atoms with van der Waals surface area (Å²) in [7, 11) is 3.25.